The van der Waals surface area contributed by atoms with Gasteiger partial charge in [0, 0.05) is 25.8 Å². The molecule has 96 valence electrons. The molecule has 0 saturated heterocycles. The standard InChI is InChI=1S/C12H21N3O2/c1-4-5-10-14-12(17-15-10)7-6-11(16)13-8-9(2)3/h9H,4-8H2,1-3H3,(H,13,16). The molecule has 0 atom stereocenters. The number of carbonyl (C=O) groups excluding carboxylic acids is 1. The van der Waals surface area contributed by atoms with E-state index in [0.29, 0.717) is 31.2 Å². The second kappa shape index (κ2) is 7.04. The minimum atomic E-state index is 0.0361. The highest BCUT2D eigenvalue weighted by Gasteiger charge is 2.08. The van der Waals surface area contributed by atoms with Gasteiger partial charge < -0.3 is 9.84 Å². The fourth-order valence-electron chi connectivity index (χ4n) is 1.34. The van der Waals surface area contributed by atoms with Gasteiger partial charge in [-0.3, -0.25) is 4.79 Å². The van der Waals surface area contributed by atoms with Crippen molar-refractivity contribution in [2.45, 2.75) is 46.5 Å². The first-order chi connectivity index (χ1) is 8.11. The molecular formula is C12H21N3O2. The fourth-order valence-corrected chi connectivity index (χ4v) is 1.34. The summed E-state index contributed by atoms with van der Waals surface area (Å²) in [5.41, 5.74) is 0. The molecule has 5 nitrogen and oxygen atoms in total. The summed E-state index contributed by atoms with van der Waals surface area (Å²) in [6, 6.07) is 0. The summed E-state index contributed by atoms with van der Waals surface area (Å²) in [5.74, 6) is 1.78. The van der Waals surface area contributed by atoms with Crippen molar-refractivity contribution in [1.82, 2.24) is 15.5 Å². The molecule has 5 heteroatoms. The maximum Gasteiger partial charge on any atom is 0.227 e. The lowest BCUT2D eigenvalue weighted by Gasteiger charge is -2.06. The Morgan fingerprint density at radius 2 is 2.18 bits per heavy atom. The van der Waals surface area contributed by atoms with Crippen molar-refractivity contribution in [3.8, 4) is 0 Å². The highest BCUT2D eigenvalue weighted by atomic mass is 16.5. The van der Waals surface area contributed by atoms with Crippen molar-refractivity contribution >= 4 is 5.91 Å². The van der Waals surface area contributed by atoms with Crippen LogP contribution in [0.3, 0.4) is 0 Å². The van der Waals surface area contributed by atoms with Crippen LogP contribution >= 0.6 is 0 Å². The number of amides is 1. The van der Waals surface area contributed by atoms with Gasteiger partial charge in [-0.25, -0.2) is 0 Å². The summed E-state index contributed by atoms with van der Waals surface area (Å²) in [7, 11) is 0. The van der Waals surface area contributed by atoms with Crippen molar-refractivity contribution in [2.75, 3.05) is 6.54 Å². The van der Waals surface area contributed by atoms with Crippen LogP contribution < -0.4 is 5.32 Å². The SMILES string of the molecule is CCCc1noc(CCC(=O)NCC(C)C)n1. The Labute approximate surface area is 102 Å². The van der Waals surface area contributed by atoms with E-state index >= 15 is 0 Å². The number of aromatic nitrogens is 2. The Morgan fingerprint density at radius 3 is 2.82 bits per heavy atom. The molecule has 1 N–H and O–H groups in total. The molecule has 0 bridgehead atoms. The van der Waals surface area contributed by atoms with Crippen LogP contribution in [0, 0.1) is 5.92 Å². The molecule has 0 aliphatic rings. The van der Waals surface area contributed by atoms with Crippen LogP contribution in [0.1, 0.15) is 45.3 Å². The first kappa shape index (κ1) is 13.7. The highest BCUT2D eigenvalue weighted by Crippen LogP contribution is 2.03. The van der Waals surface area contributed by atoms with Crippen LogP contribution in [-0.4, -0.2) is 22.6 Å². The second-order valence-electron chi connectivity index (χ2n) is 4.55. The second-order valence-corrected chi connectivity index (χ2v) is 4.55. The lowest BCUT2D eigenvalue weighted by Crippen LogP contribution is -2.27. The molecule has 0 radical (unpaired) electrons. The van der Waals surface area contributed by atoms with E-state index in [1.807, 2.05) is 0 Å². The molecule has 1 aromatic rings. The van der Waals surface area contributed by atoms with E-state index in [-0.39, 0.29) is 5.91 Å². The van der Waals surface area contributed by atoms with Crippen LogP contribution in [0.15, 0.2) is 4.52 Å². The molecule has 0 unspecified atom stereocenters. The topological polar surface area (TPSA) is 68.0 Å². The molecule has 0 saturated carbocycles. The third-order valence-corrected chi connectivity index (χ3v) is 2.26. The minimum absolute atomic E-state index is 0.0361. The summed E-state index contributed by atoms with van der Waals surface area (Å²) in [4.78, 5) is 15.7. The first-order valence-corrected chi connectivity index (χ1v) is 6.20. The van der Waals surface area contributed by atoms with Crippen LogP contribution in [0.4, 0.5) is 0 Å². The van der Waals surface area contributed by atoms with Crippen molar-refractivity contribution in [1.29, 1.82) is 0 Å². The number of nitrogens with zero attached hydrogens (tertiary/aromatic N) is 2. The lowest BCUT2D eigenvalue weighted by atomic mass is 10.2. The number of hydrogen-bond acceptors (Lipinski definition) is 4. The van der Waals surface area contributed by atoms with Gasteiger partial charge in [-0.15, -0.1) is 0 Å². The molecule has 0 fully saturated rings. The van der Waals surface area contributed by atoms with Crippen LogP contribution in [-0.2, 0) is 17.6 Å². The van der Waals surface area contributed by atoms with Gasteiger partial charge in [-0.1, -0.05) is 25.9 Å². The number of carbonyl (C=O) groups is 1. The lowest BCUT2D eigenvalue weighted by molar-refractivity contribution is -0.121. The summed E-state index contributed by atoms with van der Waals surface area (Å²) in [5, 5.41) is 6.70. The Hall–Kier alpha value is -1.39. The van der Waals surface area contributed by atoms with E-state index < -0.39 is 0 Å². The first-order valence-electron chi connectivity index (χ1n) is 6.20. The molecular weight excluding hydrogens is 218 g/mol. The summed E-state index contributed by atoms with van der Waals surface area (Å²) >= 11 is 0. The molecule has 17 heavy (non-hydrogen) atoms. The minimum Gasteiger partial charge on any atom is -0.356 e. The Kier molecular flexibility index (Phi) is 5.66. The van der Waals surface area contributed by atoms with Gasteiger partial charge in [0.1, 0.15) is 0 Å². The molecule has 0 aliphatic heterocycles. The maximum atomic E-state index is 11.5. The average molecular weight is 239 g/mol. The Balaban J connectivity index is 2.26. The van der Waals surface area contributed by atoms with Gasteiger partial charge in [-0.2, -0.15) is 4.98 Å². The van der Waals surface area contributed by atoms with Gasteiger partial charge in [0.25, 0.3) is 0 Å². The summed E-state index contributed by atoms with van der Waals surface area (Å²) in [6.45, 7) is 6.91. The van der Waals surface area contributed by atoms with E-state index in [4.69, 9.17) is 4.52 Å². The van der Waals surface area contributed by atoms with Gasteiger partial charge in [0.15, 0.2) is 5.82 Å². The Morgan fingerprint density at radius 1 is 1.41 bits per heavy atom. The molecule has 0 aliphatic carbocycles. The molecule has 1 heterocycles. The van der Waals surface area contributed by atoms with Crippen LogP contribution in [0.25, 0.3) is 0 Å². The number of hydrogen-bond donors (Lipinski definition) is 1. The van der Waals surface area contributed by atoms with E-state index in [1.54, 1.807) is 0 Å². The Bertz CT molecular complexity index is 347. The third kappa shape index (κ3) is 5.47. The third-order valence-electron chi connectivity index (χ3n) is 2.26. The smallest absolute Gasteiger partial charge is 0.227 e. The summed E-state index contributed by atoms with van der Waals surface area (Å²) in [6.07, 6.45) is 2.73. The van der Waals surface area contributed by atoms with E-state index in [1.165, 1.54) is 0 Å². The predicted octanol–water partition coefficient (Wildman–Crippen LogP) is 1.73. The van der Waals surface area contributed by atoms with Crippen molar-refractivity contribution in [3.63, 3.8) is 0 Å². The highest BCUT2D eigenvalue weighted by molar-refractivity contribution is 5.75. The predicted molar refractivity (Wildman–Crippen MR) is 64.5 cm³/mol. The average Bonchev–Trinajstić information content (AvgIpc) is 2.72. The van der Waals surface area contributed by atoms with Crippen molar-refractivity contribution in [3.05, 3.63) is 11.7 Å². The normalized spacial score (nSPS) is 10.8. The maximum absolute atomic E-state index is 11.5. The molecule has 0 spiro atoms. The monoisotopic (exact) mass is 239 g/mol. The van der Waals surface area contributed by atoms with Crippen LogP contribution in [0.5, 0.6) is 0 Å². The quantitative estimate of drug-likeness (QED) is 0.786. The van der Waals surface area contributed by atoms with E-state index in [9.17, 15) is 4.79 Å². The van der Waals surface area contributed by atoms with Gasteiger partial charge in [-0.05, 0) is 12.3 Å². The number of aryl methyl sites for hydroxylation is 2. The molecule has 1 aromatic heterocycles. The van der Waals surface area contributed by atoms with Crippen LogP contribution in [0.2, 0.25) is 0 Å². The van der Waals surface area contributed by atoms with Gasteiger partial charge in [0.05, 0.1) is 0 Å². The van der Waals surface area contributed by atoms with Gasteiger partial charge >= 0.3 is 0 Å². The number of nitrogens with one attached hydrogen (secondary N) is 1. The molecule has 1 amide bonds. The fraction of sp³-hybridized carbons (Fsp3) is 0.750. The largest absolute Gasteiger partial charge is 0.356 e. The van der Waals surface area contributed by atoms with Gasteiger partial charge in [0.2, 0.25) is 11.8 Å². The molecule has 0 aromatic carbocycles. The summed E-state index contributed by atoms with van der Waals surface area (Å²) < 4.78 is 5.05. The van der Waals surface area contributed by atoms with Crippen molar-refractivity contribution < 1.29 is 9.32 Å². The van der Waals surface area contributed by atoms with Crippen molar-refractivity contribution in [2.24, 2.45) is 5.92 Å². The zero-order valence-electron chi connectivity index (χ0n) is 10.8. The zero-order chi connectivity index (χ0) is 12.7. The molecule has 1 rings (SSSR count). The zero-order valence-corrected chi connectivity index (χ0v) is 10.8. The van der Waals surface area contributed by atoms with E-state index in [2.05, 4.69) is 36.2 Å². The number of rotatable bonds is 7. The van der Waals surface area contributed by atoms with E-state index in [0.717, 1.165) is 18.7 Å².